The summed E-state index contributed by atoms with van der Waals surface area (Å²) in [6, 6.07) is 14.3. The summed E-state index contributed by atoms with van der Waals surface area (Å²) in [7, 11) is 1.62. The maximum absolute atomic E-state index is 15.0. The summed E-state index contributed by atoms with van der Waals surface area (Å²) in [4.78, 5) is 56.9. The number of fused-ring (bicyclic) bond motifs is 3. The van der Waals surface area contributed by atoms with Crippen molar-refractivity contribution in [1.82, 2.24) is 29.7 Å². The summed E-state index contributed by atoms with van der Waals surface area (Å²) >= 11 is 0. The van der Waals surface area contributed by atoms with Gasteiger partial charge >= 0.3 is 6.09 Å². The van der Waals surface area contributed by atoms with Crippen LogP contribution in [0.4, 0.5) is 30.8 Å². The van der Waals surface area contributed by atoms with E-state index in [2.05, 4.69) is 32.2 Å². The monoisotopic (exact) mass is 820 g/mol. The average Bonchev–Trinajstić information content (AvgIpc) is 4.05. The fraction of sp³-hybridized carbons (Fsp3) is 0.543. The fourth-order valence-corrected chi connectivity index (χ4v) is 10.5. The van der Waals surface area contributed by atoms with Crippen molar-refractivity contribution >= 4 is 46.1 Å². The van der Waals surface area contributed by atoms with Crippen molar-refractivity contribution in [3.05, 3.63) is 65.5 Å². The molecule has 2 aromatic heterocycles. The van der Waals surface area contributed by atoms with Crippen LogP contribution in [0.2, 0.25) is 0 Å². The summed E-state index contributed by atoms with van der Waals surface area (Å²) in [5.74, 6) is -2.07. The molecular weight excluding hydrogens is 767 g/mol. The number of benzene rings is 2. The standard InChI is InChI=1S/C46H54F2N8O4/c1-27-7-9-29(20-33(27)40(57)49-5)51-39-38-36(50-26-55(38)30-10-11-30)23-35(52-39)28-8-12-34-37(19-28)56(32-21-31(22-32)54-16-6-13-44(25-54)24-46(44,47)48)41(58)45(34)14-17-53(18-15-45)42(59)60-43(2,3)4/h7-9,12,19-20,23,26,30-32H,6,10-11,13-18,21-22,24-25H2,1-5H3,(H,49,57)(H,51,52)/t31?,32?,44-/m0/s1. The number of carbonyl (C=O) groups excluding carboxylic acids is 3. The van der Waals surface area contributed by atoms with E-state index in [1.807, 2.05) is 69.3 Å². The van der Waals surface area contributed by atoms with Crippen molar-refractivity contribution in [2.24, 2.45) is 5.41 Å². The topological polar surface area (TPSA) is 125 Å². The summed E-state index contributed by atoms with van der Waals surface area (Å²) in [6.07, 6.45) is 7.37. The van der Waals surface area contributed by atoms with Gasteiger partial charge in [0.25, 0.3) is 11.8 Å². The molecule has 14 heteroatoms. The zero-order chi connectivity index (χ0) is 41.9. The molecule has 5 fully saturated rings. The minimum Gasteiger partial charge on any atom is -0.444 e. The van der Waals surface area contributed by atoms with Crippen molar-refractivity contribution < 1.29 is 27.9 Å². The van der Waals surface area contributed by atoms with Gasteiger partial charge in [0, 0.05) is 73.7 Å². The van der Waals surface area contributed by atoms with E-state index in [0.717, 1.165) is 77.7 Å². The third-order valence-corrected chi connectivity index (χ3v) is 14.2. The van der Waals surface area contributed by atoms with Gasteiger partial charge in [0.15, 0.2) is 5.82 Å². The number of halogens is 2. The zero-order valence-electron chi connectivity index (χ0n) is 35.1. The molecule has 2 N–H and O–H groups in total. The van der Waals surface area contributed by atoms with Crippen molar-refractivity contribution in [2.45, 2.75) is 121 Å². The second-order valence-electron chi connectivity index (χ2n) is 19.3. The van der Waals surface area contributed by atoms with E-state index in [4.69, 9.17) is 14.7 Å². The molecule has 2 saturated heterocycles. The number of alkyl halides is 2. The lowest BCUT2D eigenvalue weighted by Gasteiger charge is -2.49. The third kappa shape index (κ3) is 6.42. The normalized spacial score (nSPS) is 25.7. The minimum atomic E-state index is -2.58. The van der Waals surface area contributed by atoms with Crippen LogP contribution < -0.4 is 15.5 Å². The maximum atomic E-state index is 15.0. The maximum Gasteiger partial charge on any atom is 0.410 e. The van der Waals surface area contributed by atoms with Crippen LogP contribution in [0.25, 0.3) is 22.3 Å². The summed E-state index contributed by atoms with van der Waals surface area (Å²) in [6.45, 7) is 9.48. The highest BCUT2D eigenvalue weighted by Crippen LogP contribution is 2.65. The van der Waals surface area contributed by atoms with Crippen molar-refractivity contribution in [3.63, 3.8) is 0 Å². The first-order chi connectivity index (χ1) is 28.6. The Kier molecular flexibility index (Phi) is 8.92. The molecule has 5 heterocycles. The smallest absolute Gasteiger partial charge is 0.410 e. The number of carbonyl (C=O) groups is 3. The van der Waals surface area contributed by atoms with E-state index >= 15 is 4.79 Å². The van der Waals surface area contributed by atoms with Gasteiger partial charge in [-0.15, -0.1) is 0 Å². The zero-order valence-corrected chi connectivity index (χ0v) is 35.1. The second-order valence-corrected chi connectivity index (χ2v) is 19.3. The van der Waals surface area contributed by atoms with Gasteiger partial charge in [-0.1, -0.05) is 18.2 Å². The minimum absolute atomic E-state index is 0.0177. The Balaban J connectivity index is 0.997. The first-order valence-electron chi connectivity index (χ1n) is 21.6. The number of ether oxygens (including phenoxy) is 1. The molecular formula is C46H54F2N8O4. The van der Waals surface area contributed by atoms with Gasteiger partial charge in [0.1, 0.15) is 11.1 Å². The Bertz CT molecular complexity index is 2430. The number of piperidine rings is 2. The number of rotatable bonds is 7. The number of anilines is 3. The number of likely N-dealkylation sites (tertiary alicyclic amines) is 2. The molecule has 0 bridgehead atoms. The molecule has 3 aliphatic heterocycles. The van der Waals surface area contributed by atoms with E-state index < -0.39 is 22.4 Å². The molecule has 12 nitrogen and oxygen atoms in total. The number of hydrogen-bond acceptors (Lipinski definition) is 8. The van der Waals surface area contributed by atoms with Crippen LogP contribution in [0.5, 0.6) is 0 Å². The van der Waals surface area contributed by atoms with Gasteiger partial charge in [-0.25, -0.2) is 23.5 Å². The molecule has 2 aromatic carbocycles. The van der Waals surface area contributed by atoms with Crippen molar-refractivity contribution in [3.8, 4) is 11.3 Å². The van der Waals surface area contributed by atoms with Gasteiger partial charge in [-0.2, -0.15) is 0 Å². The predicted octanol–water partition coefficient (Wildman–Crippen LogP) is 8.11. The molecule has 60 heavy (non-hydrogen) atoms. The molecule has 316 valence electrons. The van der Waals surface area contributed by atoms with Crippen LogP contribution in [0.15, 0.2) is 48.8 Å². The molecule has 2 spiro atoms. The number of imidazole rings is 1. The van der Waals surface area contributed by atoms with Gasteiger partial charge < -0.3 is 29.7 Å². The Hall–Kier alpha value is -5.11. The molecule has 0 radical (unpaired) electrons. The summed E-state index contributed by atoms with van der Waals surface area (Å²) in [5.41, 5.74) is 4.86. The highest BCUT2D eigenvalue weighted by molar-refractivity contribution is 6.09. The van der Waals surface area contributed by atoms with Gasteiger partial charge in [-0.3, -0.25) is 14.5 Å². The quantitative estimate of drug-likeness (QED) is 0.192. The van der Waals surface area contributed by atoms with E-state index in [0.29, 0.717) is 62.0 Å². The molecule has 3 amide bonds. The van der Waals surface area contributed by atoms with Crippen LogP contribution in [0.1, 0.15) is 106 Å². The molecule has 10 rings (SSSR count). The number of hydrogen-bond donors (Lipinski definition) is 2. The number of nitrogens with zero attached hydrogens (tertiary/aromatic N) is 6. The third-order valence-electron chi connectivity index (χ3n) is 14.2. The van der Waals surface area contributed by atoms with Crippen LogP contribution in [-0.2, 0) is 14.9 Å². The molecule has 4 aromatic rings. The van der Waals surface area contributed by atoms with Crippen molar-refractivity contribution in [2.75, 3.05) is 43.4 Å². The van der Waals surface area contributed by atoms with Gasteiger partial charge in [0.05, 0.1) is 28.4 Å². The molecule has 1 atom stereocenters. The van der Waals surface area contributed by atoms with Crippen LogP contribution in [0, 0.1) is 12.3 Å². The summed E-state index contributed by atoms with van der Waals surface area (Å²) < 4.78 is 36.9. The number of amides is 3. The molecule has 3 aliphatic carbocycles. The second kappa shape index (κ2) is 13.7. The number of pyridine rings is 1. The van der Waals surface area contributed by atoms with Crippen LogP contribution in [-0.4, -0.2) is 99.1 Å². The highest BCUT2D eigenvalue weighted by Gasteiger charge is 2.71. The fourth-order valence-electron chi connectivity index (χ4n) is 10.5. The Labute approximate surface area is 349 Å². The van der Waals surface area contributed by atoms with Crippen molar-refractivity contribution in [1.29, 1.82) is 0 Å². The van der Waals surface area contributed by atoms with Crippen LogP contribution >= 0.6 is 0 Å². The number of aromatic nitrogens is 3. The first-order valence-corrected chi connectivity index (χ1v) is 21.6. The lowest BCUT2D eigenvalue weighted by Crippen LogP contribution is -2.59. The van der Waals surface area contributed by atoms with E-state index in [1.54, 1.807) is 11.9 Å². The lowest BCUT2D eigenvalue weighted by atomic mass is 9.73. The van der Waals surface area contributed by atoms with E-state index in [9.17, 15) is 18.4 Å². The van der Waals surface area contributed by atoms with Crippen LogP contribution in [0.3, 0.4) is 0 Å². The molecule has 0 unspecified atom stereocenters. The van der Waals surface area contributed by atoms with Gasteiger partial charge in [-0.05, 0) is 121 Å². The highest BCUT2D eigenvalue weighted by atomic mass is 19.3. The molecule has 6 aliphatic rings. The SMILES string of the molecule is CNC(=O)c1cc(Nc2nc(-c3ccc4c(c3)N(C3CC(N5CCC[C@@]6(C5)CC6(F)F)C3)C(=O)C43CCN(C(=O)OC(C)(C)C)CC3)cc3ncn(C4CC4)c23)ccc1C. The van der Waals surface area contributed by atoms with E-state index in [1.165, 1.54) is 0 Å². The average molecular weight is 821 g/mol. The number of nitrogens with one attached hydrogen (secondary N) is 2. The largest absolute Gasteiger partial charge is 0.444 e. The number of aryl methyl sites for hydroxylation is 1. The Morgan fingerprint density at radius 3 is 2.38 bits per heavy atom. The predicted molar refractivity (Wildman–Crippen MR) is 225 cm³/mol. The van der Waals surface area contributed by atoms with Gasteiger partial charge in [0.2, 0.25) is 5.91 Å². The molecule has 3 saturated carbocycles. The Morgan fingerprint density at radius 1 is 0.950 bits per heavy atom. The first kappa shape index (κ1) is 39.1. The summed E-state index contributed by atoms with van der Waals surface area (Å²) in [5, 5.41) is 6.26. The van der Waals surface area contributed by atoms with E-state index in [-0.39, 0.29) is 36.4 Å². The lowest BCUT2D eigenvalue weighted by molar-refractivity contribution is -0.126. The Morgan fingerprint density at radius 2 is 1.70 bits per heavy atom.